The fraction of sp³-hybridized carbons (Fsp3) is 0.500. The van der Waals surface area contributed by atoms with Crippen molar-refractivity contribution in [1.29, 1.82) is 0 Å². The molecule has 3 nitrogen and oxygen atoms in total. The van der Waals surface area contributed by atoms with Crippen LogP contribution >= 0.6 is 0 Å². The van der Waals surface area contributed by atoms with Gasteiger partial charge in [-0.05, 0) is 31.5 Å². The van der Waals surface area contributed by atoms with Gasteiger partial charge in [0, 0.05) is 24.8 Å². The first-order valence-corrected chi connectivity index (χ1v) is 6.31. The number of benzene rings is 1. The molecule has 1 aliphatic heterocycles. The molecular weight excluding hydrogens is 233 g/mol. The summed E-state index contributed by atoms with van der Waals surface area (Å²) in [5.74, 6) is -0.0891. The number of ketones is 1. The lowest BCUT2D eigenvalue weighted by molar-refractivity contribution is -0.121. The van der Waals surface area contributed by atoms with E-state index in [-0.39, 0.29) is 17.5 Å². The third kappa shape index (κ3) is 3.07. The van der Waals surface area contributed by atoms with Gasteiger partial charge in [-0.25, -0.2) is 4.39 Å². The first-order chi connectivity index (χ1) is 8.70. The minimum absolute atomic E-state index is 0.00705. The Morgan fingerprint density at radius 2 is 2.39 bits per heavy atom. The number of carbonyl (C=O) groups is 1. The molecule has 0 N–H and O–H groups in total. The lowest BCUT2D eigenvalue weighted by atomic mass is 10.0. The Morgan fingerprint density at radius 3 is 3.00 bits per heavy atom. The molecule has 1 aliphatic rings. The third-order valence-corrected chi connectivity index (χ3v) is 3.29. The first-order valence-electron chi connectivity index (χ1n) is 6.31. The maximum Gasteiger partial charge on any atom is 0.157 e. The summed E-state index contributed by atoms with van der Waals surface area (Å²) >= 11 is 0. The van der Waals surface area contributed by atoms with Crippen LogP contribution in [0.25, 0.3) is 0 Å². The van der Waals surface area contributed by atoms with Gasteiger partial charge < -0.3 is 9.64 Å². The van der Waals surface area contributed by atoms with Crippen molar-refractivity contribution in [3.8, 4) is 0 Å². The lowest BCUT2D eigenvalue weighted by Gasteiger charge is -2.23. The van der Waals surface area contributed by atoms with Crippen molar-refractivity contribution in [3.05, 3.63) is 30.1 Å². The number of hydrogen-bond donors (Lipinski definition) is 0. The maximum atomic E-state index is 13.2. The van der Waals surface area contributed by atoms with Crippen LogP contribution < -0.4 is 4.90 Å². The van der Waals surface area contributed by atoms with Gasteiger partial charge in [0.1, 0.15) is 5.82 Å². The van der Waals surface area contributed by atoms with Crippen molar-refractivity contribution in [1.82, 2.24) is 0 Å². The van der Waals surface area contributed by atoms with E-state index in [9.17, 15) is 9.18 Å². The van der Waals surface area contributed by atoms with Crippen LogP contribution in [-0.2, 0) is 9.53 Å². The number of rotatable bonds is 5. The Kier molecular flexibility index (Phi) is 4.31. The van der Waals surface area contributed by atoms with Crippen molar-refractivity contribution in [2.45, 2.75) is 13.3 Å². The van der Waals surface area contributed by atoms with Crippen LogP contribution in [0.5, 0.6) is 0 Å². The third-order valence-electron chi connectivity index (χ3n) is 3.29. The standard InChI is InChI=1S/C14H18FNO2/c1-2-16(13-5-3-4-12(15)8-13)9-14(17)11-6-7-18-10-11/h3-5,8,11H,2,6-7,9-10H2,1H3. The second kappa shape index (κ2) is 5.96. The molecule has 0 amide bonds. The van der Waals surface area contributed by atoms with E-state index >= 15 is 0 Å². The van der Waals surface area contributed by atoms with E-state index in [1.807, 2.05) is 17.9 Å². The molecule has 1 atom stereocenters. The number of carbonyl (C=O) groups excluding carboxylic acids is 1. The quantitative estimate of drug-likeness (QED) is 0.804. The van der Waals surface area contributed by atoms with Crippen molar-refractivity contribution < 1.29 is 13.9 Å². The van der Waals surface area contributed by atoms with E-state index in [0.717, 1.165) is 12.1 Å². The van der Waals surface area contributed by atoms with Crippen LogP contribution in [-0.4, -0.2) is 32.1 Å². The van der Waals surface area contributed by atoms with Gasteiger partial charge >= 0.3 is 0 Å². The van der Waals surface area contributed by atoms with Crippen molar-refractivity contribution in [2.24, 2.45) is 5.92 Å². The molecule has 0 saturated carbocycles. The summed E-state index contributed by atoms with van der Waals surface area (Å²) in [6, 6.07) is 6.35. The summed E-state index contributed by atoms with van der Waals surface area (Å²) in [6.45, 7) is 4.17. The summed E-state index contributed by atoms with van der Waals surface area (Å²) in [4.78, 5) is 14.0. The van der Waals surface area contributed by atoms with Crippen LogP contribution in [0.2, 0.25) is 0 Å². The van der Waals surface area contributed by atoms with Gasteiger partial charge in [-0.3, -0.25) is 4.79 Å². The number of anilines is 1. The molecule has 0 aromatic heterocycles. The molecule has 0 aliphatic carbocycles. The van der Waals surface area contributed by atoms with Crippen LogP contribution in [0.4, 0.5) is 10.1 Å². The van der Waals surface area contributed by atoms with Gasteiger partial charge in [-0.15, -0.1) is 0 Å². The largest absolute Gasteiger partial charge is 0.381 e. The molecule has 0 spiro atoms. The van der Waals surface area contributed by atoms with Gasteiger partial charge in [-0.2, -0.15) is 0 Å². The molecule has 1 aromatic carbocycles. The van der Waals surface area contributed by atoms with Gasteiger partial charge in [-0.1, -0.05) is 6.07 Å². The average Bonchev–Trinajstić information content (AvgIpc) is 2.89. The Labute approximate surface area is 107 Å². The second-order valence-electron chi connectivity index (χ2n) is 4.52. The summed E-state index contributed by atoms with van der Waals surface area (Å²) in [7, 11) is 0. The molecule has 2 rings (SSSR count). The maximum absolute atomic E-state index is 13.2. The number of halogens is 1. The number of nitrogens with zero attached hydrogens (tertiary/aromatic N) is 1. The topological polar surface area (TPSA) is 29.5 Å². The van der Waals surface area contributed by atoms with E-state index < -0.39 is 0 Å². The molecule has 0 radical (unpaired) electrons. The summed E-state index contributed by atoms with van der Waals surface area (Å²) in [6.07, 6.45) is 0.805. The van der Waals surface area contributed by atoms with E-state index in [1.54, 1.807) is 6.07 Å². The summed E-state index contributed by atoms with van der Waals surface area (Å²) in [5, 5.41) is 0. The highest BCUT2D eigenvalue weighted by atomic mass is 19.1. The van der Waals surface area contributed by atoms with E-state index in [1.165, 1.54) is 12.1 Å². The zero-order chi connectivity index (χ0) is 13.0. The van der Waals surface area contributed by atoms with Gasteiger partial charge in [0.2, 0.25) is 0 Å². The fourth-order valence-corrected chi connectivity index (χ4v) is 2.16. The van der Waals surface area contributed by atoms with Crippen LogP contribution in [0, 0.1) is 11.7 Å². The van der Waals surface area contributed by atoms with Crippen LogP contribution in [0.3, 0.4) is 0 Å². The van der Waals surface area contributed by atoms with Crippen molar-refractivity contribution in [2.75, 3.05) is 31.2 Å². The van der Waals surface area contributed by atoms with Crippen molar-refractivity contribution >= 4 is 11.5 Å². The van der Waals surface area contributed by atoms with Gasteiger partial charge in [0.05, 0.1) is 13.2 Å². The molecule has 1 heterocycles. The molecule has 98 valence electrons. The Balaban J connectivity index is 2.02. The first kappa shape index (κ1) is 13.0. The van der Waals surface area contributed by atoms with E-state index in [0.29, 0.717) is 26.3 Å². The van der Waals surface area contributed by atoms with Crippen LogP contribution in [0.15, 0.2) is 24.3 Å². The number of ether oxygens (including phenoxy) is 1. The smallest absolute Gasteiger partial charge is 0.157 e. The molecule has 1 unspecified atom stereocenters. The van der Waals surface area contributed by atoms with E-state index in [2.05, 4.69) is 0 Å². The molecule has 1 fully saturated rings. The second-order valence-corrected chi connectivity index (χ2v) is 4.52. The van der Waals surface area contributed by atoms with Gasteiger partial charge in [0.15, 0.2) is 5.78 Å². The lowest BCUT2D eigenvalue weighted by Crippen LogP contribution is -2.33. The Hall–Kier alpha value is -1.42. The zero-order valence-corrected chi connectivity index (χ0v) is 10.6. The highest BCUT2D eigenvalue weighted by molar-refractivity contribution is 5.86. The zero-order valence-electron chi connectivity index (χ0n) is 10.6. The molecule has 1 aromatic rings. The molecule has 4 heteroatoms. The van der Waals surface area contributed by atoms with Crippen molar-refractivity contribution in [3.63, 3.8) is 0 Å². The Bertz CT molecular complexity index is 416. The predicted octanol–water partition coefficient (Wildman–Crippen LogP) is 2.26. The molecular formula is C14H18FNO2. The predicted molar refractivity (Wildman–Crippen MR) is 68.2 cm³/mol. The van der Waals surface area contributed by atoms with Gasteiger partial charge in [0.25, 0.3) is 0 Å². The fourth-order valence-electron chi connectivity index (χ4n) is 2.16. The number of hydrogen-bond acceptors (Lipinski definition) is 3. The minimum atomic E-state index is -0.275. The number of likely N-dealkylation sites (N-methyl/N-ethyl adjacent to an activating group) is 1. The SMILES string of the molecule is CCN(CC(=O)C1CCOC1)c1cccc(F)c1. The monoisotopic (exact) mass is 251 g/mol. The van der Waals surface area contributed by atoms with E-state index in [4.69, 9.17) is 4.74 Å². The highest BCUT2D eigenvalue weighted by Gasteiger charge is 2.24. The van der Waals surface area contributed by atoms with Crippen LogP contribution in [0.1, 0.15) is 13.3 Å². The minimum Gasteiger partial charge on any atom is -0.381 e. The average molecular weight is 251 g/mol. The number of Topliss-reactive ketones (excluding diaryl/α,β-unsaturated/α-hetero) is 1. The molecule has 0 bridgehead atoms. The summed E-state index contributed by atoms with van der Waals surface area (Å²) in [5.41, 5.74) is 0.754. The molecule has 18 heavy (non-hydrogen) atoms. The molecule has 1 saturated heterocycles. The Morgan fingerprint density at radius 1 is 1.56 bits per heavy atom. The summed E-state index contributed by atoms with van der Waals surface area (Å²) < 4.78 is 18.4. The highest BCUT2D eigenvalue weighted by Crippen LogP contribution is 2.18. The normalized spacial score (nSPS) is 18.9.